The molecule has 3 rings (SSSR count). The van der Waals surface area contributed by atoms with Gasteiger partial charge in [-0.1, -0.05) is 32.9 Å². The number of benzene rings is 1. The Kier molecular flexibility index (Phi) is 5.62. The molecule has 7 nitrogen and oxygen atoms in total. The number of nitrogens with zero attached hydrogens (tertiary/aromatic N) is 4. The van der Waals surface area contributed by atoms with Gasteiger partial charge >= 0.3 is 0 Å². The van der Waals surface area contributed by atoms with E-state index in [-0.39, 0.29) is 17.9 Å². The summed E-state index contributed by atoms with van der Waals surface area (Å²) in [5.41, 5.74) is 0.726. The van der Waals surface area contributed by atoms with Crippen molar-refractivity contribution in [3.8, 4) is 5.69 Å². The van der Waals surface area contributed by atoms with Gasteiger partial charge in [-0.3, -0.25) is 4.79 Å². The molecule has 2 N–H and O–H groups in total. The zero-order chi connectivity index (χ0) is 19.5. The molecule has 1 amide bonds. The van der Waals surface area contributed by atoms with Crippen LogP contribution in [0.4, 0.5) is 0 Å². The maximum Gasteiger partial charge on any atom is 0.255 e. The largest absolute Gasteiger partial charge is 0.379 e. The lowest BCUT2D eigenvalue weighted by Gasteiger charge is -2.41. The van der Waals surface area contributed by atoms with E-state index in [4.69, 9.17) is 0 Å². The highest BCUT2D eigenvalue weighted by Crippen LogP contribution is 2.26. The Morgan fingerprint density at radius 1 is 1.26 bits per heavy atom. The van der Waals surface area contributed by atoms with Crippen LogP contribution in [0, 0.1) is 5.41 Å². The number of carbonyl (C=O) groups is 1. The molecule has 2 aromatic rings. The predicted molar refractivity (Wildman–Crippen MR) is 103 cm³/mol. The highest BCUT2D eigenvalue weighted by molar-refractivity contribution is 5.86. The number of aliphatic hydroxyl groups is 1. The Bertz CT molecular complexity index is 752. The van der Waals surface area contributed by atoms with Crippen molar-refractivity contribution < 1.29 is 9.90 Å². The topological polar surface area (TPSA) is 83.3 Å². The summed E-state index contributed by atoms with van der Waals surface area (Å²) in [4.78, 5) is 18.5. The van der Waals surface area contributed by atoms with Crippen LogP contribution in [0.3, 0.4) is 0 Å². The first-order valence-electron chi connectivity index (χ1n) is 9.43. The zero-order valence-corrected chi connectivity index (χ0v) is 16.4. The van der Waals surface area contributed by atoms with E-state index < -0.39 is 5.60 Å². The first-order chi connectivity index (χ1) is 12.8. The summed E-state index contributed by atoms with van der Waals surface area (Å²) in [5.74, 6) is -0.155. The highest BCUT2D eigenvalue weighted by atomic mass is 16.3. The molecule has 0 aliphatic carbocycles. The number of likely N-dealkylation sites (tertiary alicyclic amines) is 1. The van der Waals surface area contributed by atoms with Crippen LogP contribution >= 0.6 is 0 Å². The Labute approximate surface area is 160 Å². The van der Waals surface area contributed by atoms with Gasteiger partial charge in [0.1, 0.15) is 12.7 Å². The van der Waals surface area contributed by atoms with E-state index >= 15 is 0 Å². The molecule has 1 saturated heterocycles. The average molecular weight is 371 g/mol. The van der Waals surface area contributed by atoms with E-state index in [1.807, 2.05) is 24.3 Å². The lowest BCUT2D eigenvalue weighted by atomic mass is 9.88. The van der Waals surface area contributed by atoms with E-state index in [0.717, 1.165) is 24.2 Å². The number of aromatic nitrogens is 3. The second-order valence-corrected chi connectivity index (χ2v) is 8.53. The van der Waals surface area contributed by atoms with Crippen molar-refractivity contribution in [2.75, 3.05) is 19.6 Å². The molecule has 1 fully saturated rings. The van der Waals surface area contributed by atoms with Gasteiger partial charge < -0.3 is 15.3 Å². The minimum absolute atomic E-state index is 0.0210. The Morgan fingerprint density at radius 3 is 2.63 bits per heavy atom. The maximum absolute atomic E-state index is 12.8. The molecule has 1 aromatic heterocycles. The van der Waals surface area contributed by atoms with E-state index in [1.54, 1.807) is 15.9 Å². The molecule has 146 valence electrons. The minimum atomic E-state index is -1.32. The van der Waals surface area contributed by atoms with Gasteiger partial charge in [0.05, 0.1) is 5.69 Å². The van der Waals surface area contributed by atoms with Crippen molar-refractivity contribution in [2.45, 2.75) is 45.8 Å². The third-order valence-corrected chi connectivity index (χ3v) is 4.74. The van der Waals surface area contributed by atoms with Crippen LogP contribution in [0.15, 0.2) is 36.9 Å². The fourth-order valence-electron chi connectivity index (χ4n) is 3.47. The second kappa shape index (κ2) is 7.78. The van der Waals surface area contributed by atoms with E-state index in [9.17, 15) is 9.90 Å². The van der Waals surface area contributed by atoms with Gasteiger partial charge in [0.15, 0.2) is 5.60 Å². The molecule has 0 saturated carbocycles. The predicted octanol–water partition coefficient (Wildman–Crippen LogP) is 1.76. The first-order valence-corrected chi connectivity index (χ1v) is 9.43. The van der Waals surface area contributed by atoms with Crippen molar-refractivity contribution >= 4 is 5.91 Å². The number of piperidine rings is 1. The van der Waals surface area contributed by atoms with Crippen LogP contribution in [-0.2, 0) is 11.3 Å². The van der Waals surface area contributed by atoms with E-state index in [1.165, 1.54) is 6.33 Å². The maximum atomic E-state index is 12.8. The Balaban J connectivity index is 1.55. The van der Waals surface area contributed by atoms with Crippen molar-refractivity contribution in [1.29, 1.82) is 0 Å². The molecule has 1 atom stereocenters. The molecular formula is C20H29N5O2. The number of rotatable bonds is 6. The van der Waals surface area contributed by atoms with Gasteiger partial charge in [-0.05, 0) is 36.0 Å². The standard InChI is InChI=1S/C20H29N5O2/c1-19(2,3)13-24-10-4-9-20(27,18(24)26)12-21-11-16-5-7-17(8-6-16)25-15-22-14-23-25/h5-8,14-15,21,27H,4,9-13H2,1-3H3/t20-/m1/s1. The molecule has 0 radical (unpaired) electrons. The fraction of sp³-hybridized carbons (Fsp3) is 0.550. The van der Waals surface area contributed by atoms with Gasteiger partial charge in [-0.2, -0.15) is 5.10 Å². The van der Waals surface area contributed by atoms with E-state index in [2.05, 4.69) is 36.2 Å². The summed E-state index contributed by atoms with van der Waals surface area (Å²) < 4.78 is 1.70. The van der Waals surface area contributed by atoms with Crippen molar-refractivity contribution in [2.24, 2.45) is 5.41 Å². The Hall–Kier alpha value is -2.25. The molecule has 1 aromatic carbocycles. The normalized spacial score (nSPS) is 20.9. The van der Waals surface area contributed by atoms with Crippen LogP contribution in [0.5, 0.6) is 0 Å². The fourth-order valence-corrected chi connectivity index (χ4v) is 3.47. The third kappa shape index (κ3) is 4.93. The van der Waals surface area contributed by atoms with Crippen LogP contribution in [0.2, 0.25) is 0 Å². The molecular weight excluding hydrogens is 342 g/mol. The van der Waals surface area contributed by atoms with Crippen LogP contribution in [-0.4, -0.2) is 55.9 Å². The molecule has 7 heteroatoms. The van der Waals surface area contributed by atoms with Gasteiger partial charge in [0.2, 0.25) is 0 Å². The summed E-state index contributed by atoms with van der Waals surface area (Å²) in [7, 11) is 0. The average Bonchev–Trinajstić information content (AvgIpc) is 3.13. The molecule has 1 aliphatic rings. The smallest absolute Gasteiger partial charge is 0.255 e. The van der Waals surface area contributed by atoms with Gasteiger partial charge in [-0.25, -0.2) is 9.67 Å². The highest BCUT2D eigenvalue weighted by Gasteiger charge is 2.42. The third-order valence-electron chi connectivity index (χ3n) is 4.74. The molecule has 0 bridgehead atoms. The molecule has 0 unspecified atom stereocenters. The molecule has 27 heavy (non-hydrogen) atoms. The number of hydrogen-bond acceptors (Lipinski definition) is 5. The van der Waals surface area contributed by atoms with Crippen molar-refractivity contribution in [1.82, 2.24) is 25.0 Å². The number of hydrogen-bond donors (Lipinski definition) is 2. The summed E-state index contributed by atoms with van der Waals surface area (Å²) >= 11 is 0. The molecule has 0 spiro atoms. The zero-order valence-electron chi connectivity index (χ0n) is 16.4. The minimum Gasteiger partial charge on any atom is -0.379 e. The summed E-state index contributed by atoms with van der Waals surface area (Å²) in [5, 5.41) is 18.2. The van der Waals surface area contributed by atoms with Crippen molar-refractivity contribution in [3.05, 3.63) is 42.5 Å². The second-order valence-electron chi connectivity index (χ2n) is 8.53. The van der Waals surface area contributed by atoms with Crippen LogP contribution < -0.4 is 5.32 Å². The van der Waals surface area contributed by atoms with Crippen LogP contribution in [0.1, 0.15) is 39.2 Å². The lowest BCUT2D eigenvalue weighted by molar-refractivity contribution is -0.158. The Morgan fingerprint density at radius 2 is 2.00 bits per heavy atom. The number of carbonyl (C=O) groups excluding carboxylic acids is 1. The van der Waals surface area contributed by atoms with E-state index in [0.29, 0.717) is 19.5 Å². The van der Waals surface area contributed by atoms with Gasteiger partial charge in [0.25, 0.3) is 5.91 Å². The molecule has 1 aliphatic heterocycles. The molecule has 2 heterocycles. The van der Waals surface area contributed by atoms with Crippen LogP contribution in [0.25, 0.3) is 5.69 Å². The van der Waals surface area contributed by atoms with Gasteiger partial charge in [-0.15, -0.1) is 0 Å². The summed E-state index contributed by atoms with van der Waals surface area (Å²) in [6.07, 6.45) is 4.48. The quantitative estimate of drug-likeness (QED) is 0.808. The van der Waals surface area contributed by atoms with Gasteiger partial charge in [0, 0.05) is 26.2 Å². The monoisotopic (exact) mass is 371 g/mol. The summed E-state index contributed by atoms with van der Waals surface area (Å²) in [6, 6.07) is 7.94. The number of nitrogens with one attached hydrogen (secondary N) is 1. The summed E-state index contributed by atoms with van der Waals surface area (Å²) in [6.45, 7) is 8.56. The lowest BCUT2D eigenvalue weighted by Crippen LogP contribution is -2.59. The van der Waals surface area contributed by atoms with Crippen molar-refractivity contribution in [3.63, 3.8) is 0 Å². The SMILES string of the molecule is CC(C)(C)CN1CCC[C@@](O)(CNCc2ccc(-n3cncn3)cc2)C1=O. The first kappa shape index (κ1) is 19.5. The number of amides is 1.